The van der Waals surface area contributed by atoms with E-state index < -0.39 is 0 Å². The van der Waals surface area contributed by atoms with Gasteiger partial charge in [-0.2, -0.15) is 5.10 Å². The summed E-state index contributed by atoms with van der Waals surface area (Å²) in [4.78, 5) is 18.3. The van der Waals surface area contributed by atoms with Gasteiger partial charge in [-0.15, -0.1) is 0 Å². The van der Waals surface area contributed by atoms with Crippen LogP contribution in [0.15, 0.2) is 43.0 Å². The van der Waals surface area contributed by atoms with Crippen molar-refractivity contribution in [1.82, 2.24) is 19.7 Å². The van der Waals surface area contributed by atoms with Gasteiger partial charge in [0.05, 0.1) is 0 Å². The number of aliphatic hydroxyl groups is 1. The van der Waals surface area contributed by atoms with E-state index in [9.17, 15) is 4.79 Å². The average molecular weight is 288 g/mol. The second-order valence-corrected chi connectivity index (χ2v) is 4.85. The van der Waals surface area contributed by atoms with Crippen molar-refractivity contribution in [2.75, 3.05) is 13.2 Å². The molecule has 0 saturated carbocycles. The summed E-state index contributed by atoms with van der Waals surface area (Å²) in [6.07, 6.45) is 7.41. The van der Waals surface area contributed by atoms with E-state index in [2.05, 4.69) is 10.1 Å². The van der Waals surface area contributed by atoms with Crippen LogP contribution in [0.2, 0.25) is 0 Å². The second-order valence-electron chi connectivity index (χ2n) is 4.85. The Morgan fingerprint density at radius 2 is 2.14 bits per heavy atom. The first kappa shape index (κ1) is 15.2. The fourth-order valence-corrected chi connectivity index (χ4v) is 2.12. The van der Waals surface area contributed by atoms with Gasteiger partial charge in [-0.25, -0.2) is 0 Å². The molecule has 6 nitrogen and oxygen atoms in total. The standard InChI is InChI=1S/C15H20N4O2/c1-13(19-10-2-6-17-19)15(21)18(9-3-11-20)12-14-4-7-16-8-5-14/h2,4-8,10,13,20H,3,9,11-12H2,1H3. The van der Waals surface area contributed by atoms with E-state index in [1.807, 2.05) is 19.1 Å². The van der Waals surface area contributed by atoms with Gasteiger partial charge >= 0.3 is 0 Å². The van der Waals surface area contributed by atoms with E-state index in [1.165, 1.54) is 0 Å². The quantitative estimate of drug-likeness (QED) is 0.832. The number of nitrogens with zero attached hydrogens (tertiary/aromatic N) is 4. The van der Waals surface area contributed by atoms with Crippen molar-refractivity contribution < 1.29 is 9.90 Å². The third-order valence-electron chi connectivity index (χ3n) is 3.30. The molecule has 0 bridgehead atoms. The van der Waals surface area contributed by atoms with Gasteiger partial charge in [0.1, 0.15) is 6.04 Å². The maximum absolute atomic E-state index is 12.6. The number of rotatable bonds is 7. The number of aliphatic hydroxyl groups excluding tert-OH is 1. The van der Waals surface area contributed by atoms with Gasteiger partial charge in [-0.1, -0.05) is 0 Å². The van der Waals surface area contributed by atoms with E-state index in [0.29, 0.717) is 19.5 Å². The molecule has 2 heterocycles. The first-order valence-electron chi connectivity index (χ1n) is 7.00. The molecule has 1 N–H and O–H groups in total. The number of hydrogen-bond donors (Lipinski definition) is 1. The van der Waals surface area contributed by atoms with Crippen LogP contribution in [0.25, 0.3) is 0 Å². The Bertz CT molecular complexity index is 542. The molecule has 0 spiro atoms. The van der Waals surface area contributed by atoms with E-state index in [1.54, 1.807) is 40.4 Å². The molecule has 0 aromatic carbocycles. The highest BCUT2D eigenvalue weighted by molar-refractivity contribution is 5.80. The fraction of sp³-hybridized carbons (Fsp3) is 0.400. The number of pyridine rings is 1. The highest BCUT2D eigenvalue weighted by atomic mass is 16.3. The summed E-state index contributed by atoms with van der Waals surface area (Å²) in [5, 5.41) is 13.1. The number of hydrogen-bond acceptors (Lipinski definition) is 4. The minimum Gasteiger partial charge on any atom is -0.396 e. The normalized spacial score (nSPS) is 12.1. The summed E-state index contributed by atoms with van der Waals surface area (Å²) in [5.41, 5.74) is 1.02. The number of aromatic nitrogens is 3. The van der Waals surface area contributed by atoms with Crippen LogP contribution in [-0.4, -0.2) is 43.8 Å². The van der Waals surface area contributed by atoms with Crippen LogP contribution < -0.4 is 0 Å². The van der Waals surface area contributed by atoms with Gasteiger partial charge in [0.25, 0.3) is 0 Å². The van der Waals surface area contributed by atoms with Crippen molar-refractivity contribution in [2.24, 2.45) is 0 Å². The fourth-order valence-electron chi connectivity index (χ4n) is 2.12. The van der Waals surface area contributed by atoms with Crippen LogP contribution in [0.5, 0.6) is 0 Å². The van der Waals surface area contributed by atoms with Crippen LogP contribution >= 0.6 is 0 Å². The van der Waals surface area contributed by atoms with Gasteiger partial charge in [-0.3, -0.25) is 14.5 Å². The molecule has 6 heteroatoms. The molecule has 21 heavy (non-hydrogen) atoms. The summed E-state index contributed by atoms with van der Waals surface area (Å²) in [6.45, 7) is 2.92. The Hall–Kier alpha value is -2.21. The summed E-state index contributed by atoms with van der Waals surface area (Å²) in [7, 11) is 0. The summed E-state index contributed by atoms with van der Waals surface area (Å²) >= 11 is 0. The van der Waals surface area contributed by atoms with Crippen LogP contribution in [-0.2, 0) is 11.3 Å². The van der Waals surface area contributed by atoms with Crippen molar-refractivity contribution in [1.29, 1.82) is 0 Å². The third-order valence-corrected chi connectivity index (χ3v) is 3.30. The van der Waals surface area contributed by atoms with Crippen molar-refractivity contribution in [2.45, 2.75) is 25.9 Å². The molecule has 2 aromatic rings. The molecule has 0 saturated heterocycles. The highest BCUT2D eigenvalue weighted by Crippen LogP contribution is 2.12. The van der Waals surface area contributed by atoms with Crippen LogP contribution in [0, 0.1) is 0 Å². The van der Waals surface area contributed by atoms with E-state index in [4.69, 9.17) is 5.11 Å². The van der Waals surface area contributed by atoms with Crippen LogP contribution in [0.1, 0.15) is 24.9 Å². The van der Waals surface area contributed by atoms with Gasteiger partial charge < -0.3 is 10.0 Å². The Morgan fingerprint density at radius 3 is 2.76 bits per heavy atom. The van der Waals surface area contributed by atoms with E-state index in [0.717, 1.165) is 5.56 Å². The van der Waals surface area contributed by atoms with E-state index >= 15 is 0 Å². The zero-order valence-corrected chi connectivity index (χ0v) is 12.1. The predicted octanol–water partition coefficient (Wildman–Crippen LogP) is 1.25. The maximum atomic E-state index is 12.6. The lowest BCUT2D eigenvalue weighted by Crippen LogP contribution is -2.37. The minimum absolute atomic E-state index is 0.0102. The van der Waals surface area contributed by atoms with E-state index in [-0.39, 0.29) is 18.6 Å². The molecule has 1 amide bonds. The Kier molecular flexibility index (Phi) is 5.45. The lowest BCUT2D eigenvalue weighted by molar-refractivity contribution is -0.135. The number of carbonyl (C=O) groups is 1. The molecule has 2 aromatic heterocycles. The zero-order chi connectivity index (χ0) is 15.1. The molecule has 1 atom stereocenters. The first-order chi connectivity index (χ1) is 10.2. The van der Waals surface area contributed by atoms with Crippen LogP contribution in [0.3, 0.4) is 0 Å². The van der Waals surface area contributed by atoms with Crippen molar-refractivity contribution in [3.05, 3.63) is 48.5 Å². The van der Waals surface area contributed by atoms with Crippen molar-refractivity contribution in [3.63, 3.8) is 0 Å². The SMILES string of the molecule is CC(C(=O)N(CCCO)Cc1ccncc1)n1cccn1. The molecule has 112 valence electrons. The largest absolute Gasteiger partial charge is 0.396 e. The Labute approximate surface area is 124 Å². The summed E-state index contributed by atoms with van der Waals surface area (Å²) in [6, 6.07) is 5.21. The summed E-state index contributed by atoms with van der Waals surface area (Å²) in [5.74, 6) is -0.0102. The Morgan fingerprint density at radius 1 is 1.38 bits per heavy atom. The number of amides is 1. The lowest BCUT2D eigenvalue weighted by atomic mass is 10.2. The molecule has 0 aliphatic rings. The molecular weight excluding hydrogens is 268 g/mol. The van der Waals surface area contributed by atoms with Gasteiger partial charge in [0.2, 0.25) is 5.91 Å². The summed E-state index contributed by atoms with van der Waals surface area (Å²) < 4.78 is 1.64. The van der Waals surface area contributed by atoms with Crippen molar-refractivity contribution >= 4 is 5.91 Å². The molecule has 0 aliphatic carbocycles. The predicted molar refractivity (Wildman–Crippen MR) is 78.3 cm³/mol. The average Bonchev–Trinajstić information content (AvgIpc) is 3.05. The molecule has 2 rings (SSSR count). The van der Waals surface area contributed by atoms with Gasteiger partial charge in [0, 0.05) is 44.5 Å². The molecule has 1 unspecified atom stereocenters. The molecule has 0 fully saturated rings. The van der Waals surface area contributed by atoms with Crippen LogP contribution in [0.4, 0.5) is 0 Å². The maximum Gasteiger partial charge on any atom is 0.247 e. The van der Waals surface area contributed by atoms with Gasteiger partial charge in [0.15, 0.2) is 0 Å². The smallest absolute Gasteiger partial charge is 0.247 e. The number of carbonyl (C=O) groups excluding carboxylic acids is 1. The zero-order valence-electron chi connectivity index (χ0n) is 12.1. The molecule has 0 radical (unpaired) electrons. The first-order valence-corrected chi connectivity index (χ1v) is 7.00. The highest BCUT2D eigenvalue weighted by Gasteiger charge is 2.22. The minimum atomic E-state index is -0.361. The Balaban J connectivity index is 2.09. The third kappa shape index (κ3) is 4.13. The monoisotopic (exact) mass is 288 g/mol. The lowest BCUT2D eigenvalue weighted by Gasteiger charge is -2.26. The topological polar surface area (TPSA) is 71.2 Å². The second kappa shape index (κ2) is 7.54. The van der Waals surface area contributed by atoms with Gasteiger partial charge in [-0.05, 0) is 37.1 Å². The molecular formula is C15H20N4O2. The van der Waals surface area contributed by atoms with Crippen molar-refractivity contribution in [3.8, 4) is 0 Å². The molecule has 0 aliphatic heterocycles.